The molecule has 0 aromatic heterocycles. The molecule has 0 saturated carbocycles. The Morgan fingerprint density at radius 2 is 2.50 bits per heavy atom. The van der Waals surface area contributed by atoms with E-state index in [9.17, 15) is 0 Å². The molecule has 0 bridgehead atoms. The molecule has 0 atom stereocenters. The van der Waals surface area contributed by atoms with Crippen LogP contribution < -0.4 is 4.74 Å². The Kier molecular flexibility index (Phi) is 2.15. The molecule has 0 fully saturated rings. The minimum atomic E-state index is 0.167. The molecule has 1 N–H and O–H groups in total. The van der Waals surface area contributed by atoms with E-state index >= 15 is 0 Å². The molecule has 1 aromatic carbocycles. The molecule has 0 saturated heterocycles. The number of ether oxygens (including phenoxy) is 1. The van der Waals surface area contributed by atoms with Gasteiger partial charge in [0.2, 0.25) is 0 Å². The number of hydrogen-bond acceptors (Lipinski definition) is 2. The normalized spacial score (nSPS) is 9.30. The van der Waals surface area contributed by atoms with E-state index in [1.165, 1.54) is 0 Å². The Hall–Kier alpha value is -1.18. The van der Waals surface area contributed by atoms with Crippen LogP contribution in [0.2, 0.25) is 0 Å². The molecule has 0 spiro atoms. The predicted molar refractivity (Wildman–Crippen MR) is 38.1 cm³/mol. The third kappa shape index (κ3) is 1.41. The van der Waals surface area contributed by atoms with Crippen molar-refractivity contribution in [1.29, 1.82) is 0 Å². The first-order valence-corrected chi connectivity index (χ1v) is 3.16. The molecule has 2 nitrogen and oxygen atoms in total. The molecule has 1 rings (SSSR count). The standard InChI is InChI=1S/C8H9O2/c1-2-10-8-6-4-3-5-7(8)9/h3,5-6,9H,2H2,1H3. The molecule has 2 heteroatoms. The highest BCUT2D eigenvalue weighted by Gasteiger charge is 1.96. The van der Waals surface area contributed by atoms with Gasteiger partial charge in [-0.1, -0.05) is 6.07 Å². The van der Waals surface area contributed by atoms with Gasteiger partial charge in [-0.3, -0.25) is 0 Å². The Morgan fingerprint density at radius 3 is 3.10 bits per heavy atom. The van der Waals surface area contributed by atoms with E-state index in [4.69, 9.17) is 9.84 Å². The SMILES string of the molecule is CCOc1c[c]ccc1O. The molecule has 0 aliphatic carbocycles. The van der Waals surface area contributed by atoms with Gasteiger partial charge in [-0.05, 0) is 25.1 Å². The van der Waals surface area contributed by atoms with Crippen LogP contribution in [0, 0.1) is 6.07 Å². The molecular formula is C8H9O2. The fraction of sp³-hybridized carbons (Fsp3) is 0.250. The lowest BCUT2D eigenvalue weighted by Gasteiger charge is -2.02. The summed E-state index contributed by atoms with van der Waals surface area (Å²) >= 11 is 0. The fourth-order valence-corrected chi connectivity index (χ4v) is 0.678. The number of phenols is 1. The number of benzene rings is 1. The van der Waals surface area contributed by atoms with Crippen molar-refractivity contribution in [3.05, 3.63) is 24.3 Å². The van der Waals surface area contributed by atoms with Gasteiger partial charge in [-0.25, -0.2) is 0 Å². The quantitative estimate of drug-likeness (QED) is 0.670. The van der Waals surface area contributed by atoms with E-state index in [0.717, 1.165) is 0 Å². The van der Waals surface area contributed by atoms with Crippen LogP contribution in [0.1, 0.15) is 6.92 Å². The van der Waals surface area contributed by atoms with E-state index in [1.54, 1.807) is 18.2 Å². The van der Waals surface area contributed by atoms with Crippen molar-refractivity contribution in [2.24, 2.45) is 0 Å². The predicted octanol–water partition coefficient (Wildman–Crippen LogP) is 1.59. The Balaban J connectivity index is 2.81. The minimum absolute atomic E-state index is 0.167. The van der Waals surface area contributed by atoms with Crippen LogP contribution in [0.3, 0.4) is 0 Å². The lowest BCUT2D eigenvalue weighted by Crippen LogP contribution is -1.90. The van der Waals surface area contributed by atoms with Crippen LogP contribution >= 0.6 is 0 Å². The maximum atomic E-state index is 9.10. The van der Waals surface area contributed by atoms with Gasteiger partial charge in [0.25, 0.3) is 0 Å². The zero-order valence-corrected chi connectivity index (χ0v) is 5.79. The summed E-state index contributed by atoms with van der Waals surface area (Å²) < 4.78 is 5.06. The Labute approximate surface area is 60.1 Å². The van der Waals surface area contributed by atoms with Gasteiger partial charge in [-0.15, -0.1) is 0 Å². The number of hydrogen-bond donors (Lipinski definition) is 1. The molecule has 0 unspecified atom stereocenters. The molecule has 0 heterocycles. The second-order valence-corrected chi connectivity index (χ2v) is 1.83. The average Bonchev–Trinajstić information content (AvgIpc) is 1.94. The molecule has 10 heavy (non-hydrogen) atoms. The van der Waals surface area contributed by atoms with E-state index in [0.29, 0.717) is 12.4 Å². The zero-order chi connectivity index (χ0) is 7.40. The fourth-order valence-electron chi connectivity index (χ4n) is 0.678. The van der Waals surface area contributed by atoms with Crippen molar-refractivity contribution in [2.75, 3.05) is 6.61 Å². The number of aromatic hydroxyl groups is 1. The highest BCUT2D eigenvalue weighted by Crippen LogP contribution is 2.23. The Morgan fingerprint density at radius 1 is 1.70 bits per heavy atom. The summed E-state index contributed by atoms with van der Waals surface area (Å²) in [6.07, 6.45) is 0. The highest BCUT2D eigenvalue weighted by molar-refractivity contribution is 5.37. The van der Waals surface area contributed by atoms with Crippen molar-refractivity contribution >= 4 is 0 Å². The highest BCUT2D eigenvalue weighted by atomic mass is 16.5. The van der Waals surface area contributed by atoms with Crippen molar-refractivity contribution < 1.29 is 9.84 Å². The van der Waals surface area contributed by atoms with Crippen molar-refractivity contribution in [3.8, 4) is 11.5 Å². The monoisotopic (exact) mass is 137 g/mol. The third-order valence-corrected chi connectivity index (χ3v) is 1.10. The van der Waals surface area contributed by atoms with Gasteiger partial charge in [0, 0.05) is 0 Å². The number of phenolic OH excluding ortho intramolecular Hbond substituents is 1. The van der Waals surface area contributed by atoms with Crippen LogP contribution in [-0.4, -0.2) is 11.7 Å². The van der Waals surface area contributed by atoms with Crippen molar-refractivity contribution in [3.63, 3.8) is 0 Å². The molecular weight excluding hydrogens is 128 g/mol. The van der Waals surface area contributed by atoms with Crippen LogP contribution in [0.25, 0.3) is 0 Å². The topological polar surface area (TPSA) is 29.5 Å². The average molecular weight is 137 g/mol. The molecule has 53 valence electrons. The summed E-state index contributed by atoms with van der Waals surface area (Å²) in [6.45, 7) is 2.43. The molecule has 0 aliphatic rings. The maximum Gasteiger partial charge on any atom is 0.161 e. The largest absolute Gasteiger partial charge is 0.504 e. The van der Waals surface area contributed by atoms with Crippen LogP contribution in [0.5, 0.6) is 11.5 Å². The van der Waals surface area contributed by atoms with E-state index in [-0.39, 0.29) is 5.75 Å². The van der Waals surface area contributed by atoms with Gasteiger partial charge >= 0.3 is 0 Å². The van der Waals surface area contributed by atoms with Gasteiger partial charge in [0.1, 0.15) is 0 Å². The molecule has 1 aromatic rings. The van der Waals surface area contributed by atoms with Gasteiger partial charge in [0.05, 0.1) is 6.61 Å². The lowest BCUT2D eigenvalue weighted by molar-refractivity contribution is 0.318. The summed E-state index contributed by atoms with van der Waals surface area (Å²) in [7, 11) is 0. The third-order valence-electron chi connectivity index (χ3n) is 1.10. The lowest BCUT2D eigenvalue weighted by atomic mass is 10.3. The second kappa shape index (κ2) is 3.11. The van der Waals surface area contributed by atoms with Crippen LogP contribution in [-0.2, 0) is 0 Å². The van der Waals surface area contributed by atoms with E-state index < -0.39 is 0 Å². The summed E-state index contributed by atoms with van der Waals surface area (Å²) in [5.74, 6) is 0.658. The first-order chi connectivity index (χ1) is 4.84. The first kappa shape index (κ1) is 6.93. The van der Waals surface area contributed by atoms with Crippen LogP contribution in [0.15, 0.2) is 18.2 Å². The second-order valence-electron chi connectivity index (χ2n) is 1.83. The molecule has 1 radical (unpaired) electrons. The summed E-state index contributed by atoms with van der Waals surface area (Å²) in [6, 6.07) is 7.59. The summed E-state index contributed by atoms with van der Waals surface area (Å²) in [4.78, 5) is 0. The maximum absolute atomic E-state index is 9.10. The van der Waals surface area contributed by atoms with Gasteiger partial charge < -0.3 is 9.84 Å². The van der Waals surface area contributed by atoms with Crippen molar-refractivity contribution in [1.82, 2.24) is 0 Å². The zero-order valence-electron chi connectivity index (χ0n) is 5.79. The Bertz CT molecular complexity index is 208. The smallest absolute Gasteiger partial charge is 0.161 e. The van der Waals surface area contributed by atoms with E-state index in [1.807, 2.05) is 6.92 Å². The van der Waals surface area contributed by atoms with Gasteiger partial charge in [-0.2, -0.15) is 0 Å². The van der Waals surface area contributed by atoms with E-state index in [2.05, 4.69) is 6.07 Å². The summed E-state index contributed by atoms with van der Waals surface area (Å²) in [5, 5.41) is 9.10. The van der Waals surface area contributed by atoms with Gasteiger partial charge in [0.15, 0.2) is 11.5 Å². The van der Waals surface area contributed by atoms with Crippen molar-refractivity contribution in [2.45, 2.75) is 6.92 Å². The molecule has 0 aliphatic heterocycles. The first-order valence-electron chi connectivity index (χ1n) is 3.16. The molecule has 0 amide bonds. The minimum Gasteiger partial charge on any atom is -0.504 e. The van der Waals surface area contributed by atoms with Crippen LogP contribution in [0.4, 0.5) is 0 Å². The summed E-state index contributed by atoms with van der Waals surface area (Å²) in [5.41, 5.74) is 0. The number of rotatable bonds is 2.